The maximum absolute atomic E-state index is 6.06. The summed E-state index contributed by atoms with van der Waals surface area (Å²) in [6.07, 6.45) is 5.19. The summed E-state index contributed by atoms with van der Waals surface area (Å²) in [5.74, 6) is 7.01. The number of rotatable bonds is 4. The average molecular weight is 369 g/mol. The number of nitrogens with zero attached hydrogens (tertiary/aromatic N) is 3. The number of hydrazine groups is 1. The van der Waals surface area contributed by atoms with E-state index < -0.39 is 0 Å². The quantitative estimate of drug-likeness (QED) is 0.542. The first-order valence-electron chi connectivity index (χ1n) is 8.81. The summed E-state index contributed by atoms with van der Waals surface area (Å²) in [5.41, 5.74) is 8.38. The molecule has 1 aliphatic heterocycles. The molecule has 0 amide bonds. The molecule has 1 aliphatic rings. The van der Waals surface area contributed by atoms with Crippen LogP contribution in [0.5, 0.6) is 0 Å². The van der Waals surface area contributed by atoms with Gasteiger partial charge in [-0.1, -0.05) is 0 Å². The summed E-state index contributed by atoms with van der Waals surface area (Å²) in [4.78, 5) is 11.6. The minimum Gasteiger partial charge on any atom is -0.396 e. The molecule has 26 heavy (non-hydrogen) atoms. The van der Waals surface area contributed by atoms with Crippen molar-refractivity contribution >= 4 is 33.1 Å². The van der Waals surface area contributed by atoms with Crippen molar-refractivity contribution in [1.29, 1.82) is 0 Å². The first-order valence-corrected chi connectivity index (χ1v) is 9.63. The molecule has 0 aromatic carbocycles. The summed E-state index contributed by atoms with van der Waals surface area (Å²) in [6.45, 7) is 1.78. The number of ether oxygens (including phenoxy) is 1. The highest BCUT2D eigenvalue weighted by atomic mass is 32.1. The summed E-state index contributed by atoms with van der Waals surface area (Å²) >= 11 is 1.78. The number of anilines is 2. The van der Waals surface area contributed by atoms with Gasteiger partial charge in [0, 0.05) is 42.3 Å². The minimum atomic E-state index is 0.542. The molecule has 0 radical (unpaired) electrons. The highest BCUT2D eigenvalue weighted by Gasteiger charge is 2.16. The van der Waals surface area contributed by atoms with E-state index in [-0.39, 0.29) is 0 Å². The van der Waals surface area contributed by atoms with E-state index >= 15 is 0 Å². The molecule has 3 aromatic heterocycles. The fraction of sp³-hybridized carbons (Fsp3) is 0.368. The average Bonchev–Trinajstić information content (AvgIpc) is 3.03. The van der Waals surface area contributed by atoms with Gasteiger partial charge in [0.2, 0.25) is 0 Å². The molecule has 0 saturated carbocycles. The molecule has 4 rings (SSSR count). The van der Waals surface area contributed by atoms with Crippen LogP contribution in [0.3, 0.4) is 0 Å². The van der Waals surface area contributed by atoms with Crippen LogP contribution in [0.15, 0.2) is 30.5 Å². The number of pyridine rings is 2. The van der Waals surface area contributed by atoms with Crippen LogP contribution in [0.1, 0.15) is 17.7 Å². The zero-order valence-corrected chi connectivity index (χ0v) is 15.6. The number of nitrogens with two attached hydrogens (primary N) is 2. The Morgan fingerprint density at radius 1 is 1.27 bits per heavy atom. The molecular weight excluding hydrogens is 346 g/mol. The van der Waals surface area contributed by atoms with E-state index in [0.29, 0.717) is 11.5 Å². The zero-order chi connectivity index (χ0) is 18.1. The zero-order valence-electron chi connectivity index (χ0n) is 14.8. The number of nitrogen functional groups attached to an aromatic ring is 1. The second kappa shape index (κ2) is 7.19. The van der Waals surface area contributed by atoms with Crippen molar-refractivity contribution in [3.8, 4) is 11.3 Å². The highest BCUT2D eigenvalue weighted by Crippen LogP contribution is 2.31. The minimum absolute atomic E-state index is 0.542. The van der Waals surface area contributed by atoms with Crippen LogP contribution in [0.25, 0.3) is 21.5 Å². The molecule has 136 valence electrons. The highest BCUT2D eigenvalue weighted by molar-refractivity contribution is 7.18. The van der Waals surface area contributed by atoms with E-state index in [4.69, 9.17) is 21.3 Å². The first kappa shape index (κ1) is 17.2. The van der Waals surface area contributed by atoms with Crippen molar-refractivity contribution in [2.45, 2.75) is 19.3 Å². The van der Waals surface area contributed by atoms with Crippen LogP contribution < -0.4 is 16.6 Å². The molecular formula is C19H23N5OS. The predicted octanol–water partition coefficient (Wildman–Crippen LogP) is 3.22. The molecule has 0 bridgehead atoms. The van der Waals surface area contributed by atoms with E-state index in [1.54, 1.807) is 24.6 Å². The summed E-state index contributed by atoms with van der Waals surface area (Å²) in [7, 11) is 1.72. The van der Waals surface area contributed by atoms with Gasteiger partial charge in [-0.25, -0.2) is 15.8 Å². The lowest BCUT2D eigenvalue weighted by Crippen LogP contribution is -2.27. The molecule has 1 fully saturated rings. The number of fused-ring (bicyclic) bond motifs is 1. The van der Waals surface area contributed by atoms with Gasteiger partial charge in [-0.05, 0) is 49.4 Å². The van der Waals surface area contributed by atoms with Crippen molar-refractivity contribution in [2.24, 2.45) is 11.8 Å². The fourth-order valence-electron chi connectivity index (χ4n) is 3.38. The first-order chi connectivity index (χ1) is 12.6. The van der Waals surface area contributed by atoms with Crippen molar-refractivity contribution < 1.29 is 4.74 Å². The van der Waals surface area contributed by atoms with Crippen molar-refractivity contribution in [3.05, 3.63) is 35.3 Å². The Morgan fingerprint density at radius 3 is 2.81 bits per heavy atom. The van der Waals surface area contributed by atoms with Crippen molar-refractivity contribution in [2.75, 3.05) is 31.0 Å². The van der Waals surface area contributed by atoms with E-state index in [2.05, 4.69) is 17.1 Å². The topological polar surface area (TPSA) is 90.3 Å². The van der Waals surface area contributed by atoms with Crippen LogP contribution in [0.4, 0.5) is 11.5 Å². The van der Waals surface area contributed by atoms with E-state index in [1.165, 1.54) is 15.3 Å². The number of thiophene rings is 1. The number of aromatic nitrogens is 2. The van der Waals surface area contributed by atoms with E-state index in [9.17, 15) is 0 Å². The van der Waals surface area contributed by atoms with Crippen molar-refractivity contribution in [1.82, 2.24) is 9.97 Å². The van der Waals surface area contributed by atoms with Crippen LogP contribution in [-0.2, 0) is 11.2 Å². The van der Waals surface area contributed by atoms with Gasteiger partial charge in [-0.3, -0.25) is 5.01 Å². The second-order valence-corrected chi connectivity index (χ2v) is 7.93. The van der Waals surface area contributed by atoms with Crippen LogP contribution in [0.2, 0.25) is 0 Å². The maximum Gasteiger partial charge on any atom is 0.165 e. The number of hydrogen-bond acceptors (Lipinski definition) is 7. The molecule has 7 heteroatoms. The third-order valence-corrected chi connectivity index (χ3v) is 5.86. The predicted molar refractivity (Wildman–Crippen MR) is 107 cm³/mol. The van der Waals surface area contributed by atoms with Gasteiger partial charge in [0.05, 0.1) is 11.4 Å². The Labute approximate surface area is 156 Å². The van der Waals surface area contributed by atoms with Gasteiger partial charge in [-0.2, -0.15) is 0 Å². The monoisotopic (exact) mass is 369 g/mol. The Balaban J connectivity index is 1.60. The molecule has 0 aliphatic carbocycles. The molecule has 0 unspecified atom stereocenters. The Morgan fingerprint density at radius 2 is 2.08 bits per heavy atom. The largest absolute Gasteiger partial charge is 0.396 e. The van der Waals surface area contributed by atoms with Gasteiger partial charge in [0.1, 0.15) is 4.83 Å². The lowest BCUT2D eigenvalue weighted by atomic mass is 9.96. The molecule has 1 saturated heterocycles. The Hall–Kier alpha value is -2.22. The van der Waals surface area contributed by atoms with Gasteiger partial charge in [0.25, 0.3) is 0 Å². The van der Waals surface area contributed by atoms with Crippen LogP contribution in [0, 0.1) is 5.92 Å². The molecule has 6 nitrogen and oxygen atoms in total. The third-order valence-electron chi connectivity index (χ3n) is 4.79. The lowest BCUT2D eigenvalue weighted by Gasteiger charge is -2.21. The summed E-state index contributed by atoms with van der Waals surface area (Å²) in [5, 5.41) is 2.61. The Bertz CT molecular complexity index is 917. The Kier molecular flexibility index (Phi) is 4.76. The summed E-state index contributed by atoms with van der Waals surface area (Å²) < 4.78 is 5.46. The molecule has 0 spiro atoms. The SMILES string of the molecule is CN(N)c1ncc(-c2ccc3cc(CC4CCOCC4)sc3n2)cc1N. The van der Waals surface area contributed by atoms with Gasteiger partial charge in [0.15, 0.2) is 5.82 Å². The molecule has 4 N–H and O–H groups in total. The van der Waals surface area contributed by atoms with Crippen LogP contribution in [-0.4, -0.2) is 30.2 Å². The van der Waals surface area contributed by atoms with E-state index in [0.717, 1.165) is 54.5 Å². The third kappa shape index (κ3) is 3.51. The van der Waals surface area contributed by atoms with E-state index in [1.807, 2.05) is 12.1 Å². The van der Waals surface area contributed by atoms with Gasteiger partial charge >= 0.3 is 0 Å². The normalized spacial score (nSPS) is 15.5. The summed E-state index contributed by atoms with van der Waals surface area (Å²) in [6, 6.07) is 8.29. The number of hydrogen-bond donors (Lipinski definition) is 2. The molecule has 4 heterocycles. The van der Waals surface area contributed by atoms with Gasteiger partial charge < -0.3 is 10.5 Å². The standard InChI is InChI=1S/C19H23N5OS/c1-24(21)18-16(20)10-14(11-22-18)17-3-2-13-9-15(26-19(13)23-17)8-12-4-6-25-7-5-12/h2-3,9-12H,4-8,20-21H2,1H3. The van der Waals surface area contributed by atoms with Crippen molar-refractivity contribution in [3.63, 3.8) is 0 Å². The molecule has 0 atom stereocenters. The lowest BCUT2D eigenvalue weighted by molar-refractivity contribution is 0.0667. The smallest absolute Gasteiger partial charge is 0.165 e. The fourth-order valence-corrected chi connectivity index (χ4v) is 4.52. The molecule has 3 aromatic rings. The maximum atomic E-state index is 6.06. The second-order valence-electron chi connectivity index (χ2n) is 6.81. The van der Waals surface area contributed by atoms with Crippen LogP contribution >= 0.6 is 11.3 Å². The van der Waals surface area contributed by atoms with Gasteiger partial charge in [-0.15, -0.1) is 11.3 Å².